The maximum atomic E-state index is 11.1. The van der Waals surface area contributed by atoms with Crippen molar-refractivity contribution < 1.29 is 4.74 Å². The minimum absolute atomic E-state index is 0.223. The van der Waals surface area contributed by atoms with Crippen molar-refractivity contribution in [1.29, 1.82) is 0 Å². The second-order valence-electron chi connectivity index (χ2n) is 3.09. The third-order valence-electron chi connectivity index (χ3n) is 2.06. The van der Waals surface area contributed by atoms with Crippen molar-refractivity contribution in [2.75, 3.05) is 36.9 Å². The maximum Gasteiger partial charge on any atom is 0.254 e. The van der Waals surface area contributed by atoms with Crippen LogP contribution in [0.4, 0.5) is 11.8 Å². The van der Waals surface area contributed by atoms with E-state index in [1.165, 1.54) is 6.07 Å². The predicted octanol–water partition coefficient (Wildman–Crippen LogP) is -0.811. The number of morpholine rings is 1. The lowest BCUT2D eigenvalue weighted by atomic mass is 10.4. The highest BCUT2D eigenvalue weighted by atomic mass is 16.5. The van der Waals surface area contributed by atoms with Gasteiger partial charge in [-0.3, -0.25) is 9.78 Å². The normalized spacial score (nSPS) is 17.0. The molecule has 0 radical (unpaired) electrons. The monoisotopic (exact) mass is 196 g/mol. The highest BCUT2D eigenvalue weighted by Gasteiger charge is 2.13. The number of hydrogen-bond acceptors (Lipinski definition) is 5. The highest BCUT2D eigenvalue weighted by Crippen LogP contribution is 2.08. The largest absolute Gasteiger partial charge is 0.383 e. The summed E-state index contributed by atoms with van der Waals surface area (Å²) in [4.78, 5) is 19.8. The quantitative estimate of drug-likeness (QED) is 0.613. The van der Waals surface area contributed by atoms with Crippen LogP contribution in [0.5, 0.6) is 0 Å². The SMILES string of the molecule is Nc1cc(=O)[nH]c(N2CCOCC2)n1. The maximum absolute atomic E-state index is 11.1. The number of nitrogens with two attached hydrogens (primary N) is 1. The molecule has 1 aliphatic heterocycles. The topological polar surface area (TPSA) is 84.2 Å². The zero-order valence-electron chi connectivity index (χ0n) is 7.69. The number of nitrogens with one attached hydrogen (secondary N) is 1. The van der Waals surface area contributed by atoms with Crippen LogP contribution in [-0.2, 0) is 4.74 Å². The van der Waals surface area contributed by atoms with E-state index < -0.39 is 0 Å². The van der Waals surface area contributed by atoms with E-state index in [2.05, 4.69) is 9.97 Å². The molecule has 1 fully saturated rings. The summed E-state index contributed by atoms with van der Waals surface area (Å²) >= 11 is 0. The molecular formula is C8H12N4O2. The van der Waals surface area contributed by atoms with Crippen molar-refractivity contribution in [3.8, 4) is 0 Å². The van der Waals surface area contributed by atoms with E-state index in [4.69, 9.17) is 10.5 Å². The fourth-order valence-corrected chi connectivity index (χ4v) is 1.39. The summed E-state index contributed by atoms with van der Waals surface area (Å²) in [6.07, 6.45) is 0. The van der Waals surface area contributed by atoms with Crippen LogP contribution < -0.4 is 16.2 Å². The Morgan fingerprint density at radius 2 is 2.21 bits per heavy atom. The van der Waals surface area contributed by atoms with E-state index in [0.717, 1.165) is 13.1 Å². The predicted molar refractivity (Wildman–Crippen MR) is 52.3 cm³/mol. The van der Waals surface area contributed by atoms with Crippen molar-refractivity contribution in [3.63, 3.8) is 0 Å². The number of aromatic amines is 1. The number of rotatable bonds is 1. The van der Waals surface area contributed by atoms with Gasteiger partial charge in [0.25, 0.3) is 5.56 Å². The summed E-state index contributed by atoms with van der Waals surface area (Å²) in [5, 5.41) is 0. The molecule has 14 heavy (non-hydrogen) atoms. The summed E-state index contributed by atoms with van der Waals surface area (Å²) in [7, 11) is 0. The summed E-state index contributed by atoms with van der Waals surface area (Å²) in [6, 6.07) is 1.27. The Balaban J connectivity index is 2.26. The van der Waals surface area contributed by atoms with Crippen molar-refractivity contribution in [2.45, 2.75) is 0 Å². The Morgan fingerprint density at radius 1 is 1.50 bits per heavy atom. The van der Waals surface area contributed by atoms with E-state index >= 15 is 0 Å². The first-order chi connectivity index (χ1) is 6.75. The Bertz CT molecular complexity index is 370. The molecule has 0 amide bonds. The van der Waals surface area contributed by atoms with Gasteiger partial charge in [-0.25, -0.2) is 0 Å². The third kappa shape index (κ3) is 1.85. The van der Waals surface area contributed by atoms with Crippen molar-refractivity contribution >= 4 is 11.8 Å². The van der Waals surface area contributed by atoms with Crippen LogP contribution in [0.25, 0.3) is 0 Å². The molecule has 1 aliphatic rings. The van der Waals surface area contributed by atoms with Crippen molar-refractivity contribution in [1.82, 2.24) is 9.97 Å². The zero-order valence-corrected chi connectivity index (χ0v) is 7.69. The van der Waals surface area contributed by atoms with Gasteiger partial charge in [0, 0.05) is 19.2 Å². The zero-order chi connectivity index (χ0) is 9.97. The van der Waals surface area contributed by atoms with Gasteiger partial charge in [0.15, 0.2) is 0 Å². The average Bonchev–Trinajstić information content (AvgIpc) is 2.18. The molecule has 0 aromatic carbocycles. The van der Waals surface area contributed by atoms with E-state index in [9.17, 15) is 4.79 Å². The van der Waals surface area contributed by atoms with Crippen LogP contribution in [0.2, 0.25) is 0 Å². The van der Waals surface area contributed by atoms with Gasteiger partial charge in [-0.2, -0.15) is 4.98 Å². The molecule has 0 bridgehead atoms. The molecule has 1 aromatic rings. The molecule has 2 rings (SSSR count). The van der Waals surface area contributed by atoms with Gasteiger partial charge in [-0.15, -0.1) is 0 Å². The first kappa shape index (κ1) is 9.01. The van der Waals surface area contributed by atoms with Gasteiger partial charge in [0.2, 0.25) is 5.95 Å². The van der Waals surface area contributed by atoms with E-state index in [1.807, 2.05) is 4.90 Å². The van der Waals surface area contributed by atoms with Crippen LogP contribution in [0.3, 0.4) is 0 Å². The lowest BCUT2D eigenvalue weighted by molar-refractivity contribution is 0.122. The summed E-state index contributed by atoms with van der Waals surface area (Å²) in [6.45, 7) is 2.76. The number of anilines is 2. The first-order valence-corrected chi connectivity index (χ1v) is 4.45. The minimum Gasteiger partial charge on any atom is -0.383 e. The average molecular weight is 196 g/mol. The molecular weight excluding hydrogens is 184 g/mol. The number of H-pyrrole nitrogens is 1. The van der Waals surface area contributed by atoms with Gasteiger partial charge in [-0.05, 0) is 0 Å². The minimum atomic E-state index is -0.223. The number of hydrogen-bond donors (Lipinski definition) is 2. The molecule has 6 nitrogen and oxygen atoms in total. The lowest BCUT2D eigenvalue weighted by Gasteiger charge is -2.26. The second kappa shape index (κ2) is 3.67. The fraction of sp³-hybridized carbons (Fsp3) is 0.500. The van der Waals surface area contributed by atoms with Gasteiger partial charge in [0.1, 0.15) is 5.82 Å². The van der Waals surface area contributed by atoms with Crippen LogP contribution in [0.1, 0.15) is 0 Å². The summed E-state index contributed by atoms with van der Waals surface area (Å²) in [5.41, 5.74) is 5.25. The van der Waals surface area contributed by atoms with Crippen LogP contribution >= 0.6 is 0 Å². The molecule has 1 aromatic heterocycles. The van der Waals surface area contributed by atoms with Gasteiger partial charge in [0.05, 0.1) is 13.2 Å². The van der Waals surface area contributed by atoms with Crippen LogP contribution in [0.15, 0.2) is 10.9 Å². The first-order valence-electron chi connectivity index (χ1n) is 4.45. The second-order valence-corrected chi connectivity index (χ2v) is 3.09. The Labute approximate surface area is 80.7 Å². The van der Waals surface area contributed by atoms with Gasteiger partial charge in [-0.1, -0.05) is 0 Å². The van der Waals surface area contributed by atoms with Crippen molar-refractivity contribution in [3.05, 3.63) is 16.4 Å². The number of aromatic nitrogens is 2. The molecule has 0 atom stereocenters. The van der Waals surface area contributed by atoms with Crippen LogP contribution in [-0.4, -0.2) is 36.3 Å². The van der Waals surface area contributed by atoms with E-state index in [1.54, 1.807) is 0 Å². The number of ether oxygens (including phenoxy) is 1. The highest BCUT2D eigenvalue weighted by molar-refractivity contribution is 5.37. The van der Waals surface area contributed by atoms with Crippen LogP contribution in [0, 0.1) is 0 Å². The smallest absolute Gasteiger partial charge is 0.254 e. The molecule has 76 valence electrons. The number of nitrogen functional groups attached to an aromatic ring is 1. The Kier molecular flexibility index (Phi) is 2.36. The molecule has 1 saturated heterocycles. The molecule has 3 N–H and O–H groups in total. The van der Waals surface area contributed by atoms with Gasteiger partial charge >= 0.3 is 0 Å². The fourth-order valence-electron chi connectivity index (χ4n) is 1.39. The molecule has 6 heteroatoms. The summed E-state index contributed by atoms with van der Waals surface area (Å²) < 4.78 is 5.19. The molecule has 0 saturated carbocycles. The molecule has 0 unspecified atom stereocenters. The standard InChI is InChI=1S/C8H12N4O2/c9-6-5-7(13)11-8(10-6)12-1-3-14-4-2-12/h5H,1-4H2,(H3,9,10,11,13). The third-order valence-corrected chi connectivity index (χ3v) is 2.06. The molecule has 0 aliphatic carbocycles. The Hall–Kier alpha value is -1.56. The molecule has 0 spiro atoms. The lowest BCUT2D eigenvalue weighted by Crippen LogP contribution is -2.38. The van der Waals surface area contributed by atoms with E-state index in [0.29, 0.717) is 19.2 Å². The number of nitrogens with zero attached hydrogens (tertiary/aromatic N) is 2. The van der Waals surface area contributed by atoms with Gasteiger partial charge < -0.3 is 15.4 Å². The molecule has 2 heterocycles. The summed E-state index contributed by atoms with van der Waals surface area (Å²) in [5.74, 6) is 0.772. The van der Waals surface area contributed by atoms with E-state index in [-0.39, 0.29) is 11.4 Å². The van der Waals surface area contributed by atoms with Crippen molar-refractivity contribution in [2.24, 2.45) is 0 Å². The Morgan fingerprint density at radius 3 is 2.86 bits per heavy atom.